The first-order valence-electron chi connectivity index (χ1n) is 4.23. The molecule has 1 unspecified atom stereocenters. The molecule has 0 radical (unpaired) electrons. The number of rotatable bonds is 4. The van der Waals surface area contributed by atoms with E-state index in [1.807, 2.05) is 0 Å². The average molecular weight is 224 g/mol. The summed E-state index contributed by atoms with van der Waals surface area (Å²) < 4.78 is 30.8. The molecule has 5 nitrogen and oxygen atoms in total. The molecule has 0 heterocycles. The number of carbonyl (C=O) groups is 1. The largest absolute Gasteiger partial charge is 0.481 e. The van der Waals surface area contributed by atoms with Crippen molar-refractivity contribution in [3.05, 3.63) is 0 Å². The molecule has 14 heavy (non-hydrogen) atoms. The van der Waals surface area contributed by atoms with E-state index < -0.39 is 26.8 Å². The molecule has 2 N–H and O–H groups in total. The standard InChI is InChI=1S/C8H16O5S/c1-8(2,3)6(14(11,12)13)4-5-7(9)10/h6H,4-5H2,1-3H3,(H,9,10)(H,11,12,13). The second-order valence-corrected chi connectivity index (χ2v) is 5.90. The van der Waals surface area contributed by atoms with Crippen LogP contribution in [0.25, 0.3) is 0 Å². The summed E-state index contributed by atoms with van der Waals surface area (Å²) in [6, 6.07) is 0. The molecule has 0 aliphatic heterocycles. The molecule has 0 spiro atoms. The summed E-state index contributed by atoms with van der Waals surface area (Å²) in [5.41, 5.74) is -0.664. The van der Waals surface area contributed by atoms with E-state index in [4.69, 9.17) is 9.66 Å². The third-order valence-electron chi connectivity index (χ3n) is 1.95. The Bertz CT molecular complexity index is 298. The van der Waals surface area contributed by atoms with Crippen molar-refractivity contribution < 1.29 is 22.9 Å². The van der Waals surface area contributed by atoms with Gasteiger partial charge in [-0.15, -0.1) is 0 Å². The van der Waals surface area contributed by atoms with E-state index in [1.54, 1.807) is 20.8 Å². The lowest BCUT2D eigenvalue weighted by Gasteiger charge is -2.27. The number of hydrogen-bond donors (Lipinski definition) is 2. The summed E-state index contributed by atoms with van der Waals surface area (Å²) in [7, 11) is -4.18. The van der Waals surface area contributed by atoms with Gasteiger partial charge in [0.15, 0.2) is 0 Å². The Kier molecular flexibility index (Phi) is 4.08. The van der Waals surface area contributed by atoms with Gasteiger partial charge in [-0.3, -0.25) is 9.35 Å². The molecule has 0 aromatic heterocycles. The lowest BCUT2D eigenvalue weighted by molar-refractivity contribution is -0.137. The van der Waals surface area contributed by atoms with Gasteiger partial charge in [0.05, 0.1) is 5.25 Å². The van der Waals surface area contributed by atoms with Crippen LogP contribution >= 0.6 is 0 Å². The van der Waals surface area contributed by atoms with Gasteiger partial charge in [-0.1, -0.05) is 20.8 Å². The first kappa shape index (κ1) is 13.4. The predicted molar refractivity (Wildman–Crippen MR) is 51.7 cm³/mol. The Morgan fingerprint density at radius 2 is 1.79 bits per heavy atom. The summed E-state index contributed by atoms with van der Waals surface area (Å²) in [5, 5.41) is 7.38. The fourth-order valence-electron chi connectivity index (χ4n) is 1.28. The van der Waals surface area contributed by atoms with Crippen LogP contribution in [0.3, 0.4) is 0 Å². The van der Waals surface area contributed by atoms with Crippen molar-refractivity contribution in [1.29, 1.82) is 0 Å². The normalized spacial score (nSPS) is 15.1. The summed E-state index contributed by atoms with van der Waals surface area (Å²) in [6.45, 7) is 4.94. The summed E-state index contributed by atoms with van der Waals surface area (Å²) in [4.78, 5) is 10.3. The third-order valence-corrected chi connectivity index (χ3v) is 3.61. The Morgan fingerprint density at radius 1 is 1.36 bits per heavy atom. The maximum Gasteiger partial charge on any atom is 0.303 e. The van der Waals surface area contributed by atoms with Crippen molar-refractivity contribution in [2.24, 2.45) is 5.41 Å². The molecule has 0 aromatic rings. The van der Waals surface area contributed by atoms with Crippen molar-refractivity contribution in [1.82, 2.24) is 0 Å². The van der Waals surface area contributed by atoms with E-state index in [2.05, 4.69) is 0 Å². The minimum atomic E-state index is -4.18. The van der Waals surface area contributed by atoms with Gasteiger partial charge in [-0.05, 0) is 11.8 Å². The Morgan fingerprint density at radius 3 is 2.00 bits per heavy atom. The highest BCUT2D eigenvalue weighted by Gasteiger charge is 2.35. The molecule has 0 saturated carbocycles. The van der Waals surface area contributed by atoms with Crippen molar-refractivity contribution >= 4 is 16.1 Å². The third kappa shape index (κ3) is 4.57. The molecule has 6 heteroatoms. The van der Waals surface area contributed by atoms with Crippen LogP contribution in [0.2, 0.25) is 0 Å². The highest BCUT2D eigenvalue weighted by molar-refractivity contribution is 7.86. The lowest BCUT2D eigenvalue weighted by atomic mass is 9.89. The number of aliphatic carboxylic acids is 1. The molecule has 0 amide bonds. The molecule has 1 atom stereocenters. The molecule has 0 saturated heterocycles. The van der Waals surface area contributed by atoms with E-state index in [1.165, 1.54) is 0 Å². The lowest BCUT2D eigenvalue weighted by Crippen LogP contribution is -2.34. The molecule has 0 fully saturated rings. The van der Waals surface area contributed by atoms with E-state index in [-0.39, 0.29) is 12.8 Å². The van der Waals surface area contributed by atoms with Crippen LogP contribution in [0.15, 0.2) is 0 Å². The van der Waals surface area contributed by atoms with E-state index in [0.717, 1.165) is 0 Å². The topological polar surface area (TPSA) is 91.7 Å². The van der Waals surface area contributed by atoms with Gasteiger partial charge in [0.1, 0.15) is 0 Å². The first-order chi connectivity index (χ1) is 6.05. The van der Waals surface area contributed by atoms with Gasteiger partial charge in [0.2, 0.25) is 0 Å². The fraction of sp³-hybridized carbons (Fsp3) is 0.875. The number of carboxylic acid groups (broad SMARTS) is 1. The molecular formula is C8H16O5S. The zero-order chi connectivity index (χ0) is 11.6. The Hall–Kier alpha value is -0.620. The molecule has 0 aliphatic rings. The molecule has 0 aromatic carbocycles. The molecule has 84 valence electrons. The van der Waals surface area contributed by atoms with Crippen molar-refractivity contribution in [2.75, 3.05) is 0 Å². The van der Waals surface area contributed by atoms with E-state index >= 15 is 0 Å². The smallest absolute Gasteiger partial charge is 0.303 e. The second kappa shape index (κ2) is 4.27. The molecular weight excluding hydrogens is 208 g/mol. The maximum absolute atomic E-state index is 11.0. The summed E-state index contributed by atoms with van der Waals surface area (Å²) in [5.74, 6) is -1.07. The summed E-state index contributed by atoms with van der Waals surface area (Å²) in [6.07, 6.45) is -0.334. The number of carboxylic acids is 1. The van der Waals surface area contributed by atoms with Gasteiger partial charge in [0.25, 0.3) is 10.1 Å². The van der Waals surface area contributed by atoms with Crippen LogP contribution in [0.4, 0.5) is 0 Å². The quantitative estimate of drug-likeness (QED) is 0.699. The minimum Gasteiger partial charge on any atom is -0.481 e. The van der Waals surface area contributed by atoms with Gasteiger partial charge in [-0.2, -0.15) is 8.42 Å². The fourth-order valence-corrected chi connectivity index (χ4v) is 2.59. The van der Waals surface area contributed by atoms with Gasteiger partial charge in [0, 0.05) is 6.42 Å². The average Bonchev–Trinajstić information content (AvgIpc) is 1.78. The minimum absolute atomic E-state index is 0.0718. The van der Waals surface area contributed by atoms with Crippen molar-refractivity contribution in [2.45, 2.75) is 38.9 Å². The van der Waals surface area contributed by atoms with E-state index in [0.29, 0.717) is 0 Å². The molecule has 0 bridgehead atoms. The van der Waals surface area contributed by atoms with E-state index in [9.17, 15) is 13.2 Å². The Balaban J connectivity index is 4.69. The van der Waals surface area contributed by atoms with Crippen LogP contribution in [0.5, 0.6) is 0 Å². The first-order valence-corrected chi connectivity index (χ1v) is 5.73. The summed E-state index contributed by atoms with van der Waals surface area (Å²) >= 11 is 0. The maximum atomic E-state index is 11.0. The zero-order valence-electron chi connectivity index (χ0n) is 8.52. The molecule has 0 rings (SSSR count). The van der Waals surface area contributed by atoms with Crippen LogP contribution in [-0.2, 0) is 14.9 Å². The monoisotopic (exact) mass is 224 g/mol. The van der Waals surface area contributed by atoms with Gasteiger partial charge < -0.3 is 5.11 Å². The highest BCUT2D eigenvalue weighted by Crippen LogP contribution is 2.28. The highest BCUT2D eigenvalue weighted by atomic mass is 32.2. The molecule has 0 aliphatic carbocycles. The van der Waals surface area contributed by atoms with Crippen LogP contribution in [-0.4, -0.2) is 29.3 Å². The van der Waals surface area contributed by atoms with Crippen LogP contribution in [0.1, 0.15) is 33.6 Å². The van der Waals surface area contributed by atoms with Crippen LogP contribution in [0, 0.1) is 5.41 Å². The number of hydrogen-bond acceptors (Lipinski definition) is 3. The Labute approximate surface area is 83.9 Å². The van der Waals surface area contributed by atoms with Gasteiger partial charge >= 0.3 is 5.97 Å². The van der Waals surface area contributed by atoms with Crippen molar-refractivity contribution in [3.8, 4) is 0 Å². The second-order valence-electron chi connectivity index (χ2n) is 4.30. The van der Waals surface area contributed by atoms with Crippen LogP contribution < -0.4 is 0 Å². The van der Waals surface area contributed by atoms with Gasteiger partial charge in [-0.25, -0.2) is 0 Å². The SMILES string of the molecule is CC(C)(C)C(CCC(=O)O)S(=O)(=O)O. The zero-order valence-corrected chi connectivity index (χ0v) is 9.34. The predicted octanol–water partition coefficient (Wildman–Crippen LogP) is 1.15. The van der Waals surface area contributed by atoms with Crippen molar-refractivity contribution in [3.63, 3.8) is 0 Å².